The largest absolute Gasteiger partial charge is 0.431 e. The van der Waals surface area contributed by atoms with Gasteiger partial charge in [0.25, 0.3) is 15.9 Å². The summed E-state index contributed by atoms with van der Waals surface area (Å²) in [4.78, 5) is 40.0. The number of pyridine rings is 1. The van der Waals surface area contributed by atoms with Gasteiger partial charge in [-0.25, -0.2) is 13.4 Å². The zero-order chi connectivity index (χ0) is 26.3. The summed E-state index contributed by atoms with van der Waals surface area (Å²) in [6.45, 7) is 0.0122. The Morgan fingerprint density at radius 3 is 2.78 bits per heavy atom. The van der Waals surface area contributed by atoms with Crippen LogP contribution in [0.3, 0.4) is 0 Å². The van der Waals surface area contributed by atoms with Crippen molar-refractivity contribution in [1.82, 2.24) is 29.1 Å². The van der Waals surface area contributed by atoms with Crippen molar-refractivity contribution in [2.75, 3.05) is 33.7 Å². The number of benzene rings is 1. The van der Waals surface area contributed by atoms with Crippen molar-refractivity contribution in [3.63, 3.8) is 0 Å². The number of sulfonamides is 1. The molecule has 0 saturated carbocycles. The van der Waals surface area contributed by atoms with Crippen molar-refractivity contribution in [3.05, 3.63) is 54.0 Å². The number of carbonyl (C=O) groups is 2. The van der Waals surface area contributed by atoms with E-state index in [0.29, 0.717) is 27.7 Å². The molecule has 1 saturated heterocycles. The number of carbonyl (C=O) groups excluding carboxylic acids is 2. The maximum atomic E-state index is 13.6. The Hall–Kier alpha value is -4.21. The molecule has 1 unspecified atom stereocenters. The first-order chi connectivity index (χ1) is 17.7. The molecular formula is C25H24N6O5S. The zero-order valence-electron chi connectivity index (χ0n) is 20.2. The second kappa shape index (κ2) is 9.34. The van der Waals surface area contributed by atoms with E-state index in [4.69, 9.17) is 10.8 Å². The van der Waals surface area contributed by atoms with Crippen molar-refractivity contribution in [2.24, 2.45) is 0 Å². The number of piperazine rings is 1. The van der Waals surface area contributed by atoms with Gasteiger partial charge >= 0.3 is 5.91 Å². The predicted octanol–water partition coefficient (Wildman–Crippen LogP) is 1.68. The minimum absolute atomic E-state index is 0.0131. The number of hydrogen-bond acceptors (Lipinski definition) is 7. The number of aromatic nitrogens is 3. The Kier molecular flexibility index (Phi) is 6.18. The molecule has 2 amide bonds. The quantitative estimate of drug-likeness (QED) is 0.396. The van der Waals surface area contributed by atoms with Crippen LogP contribution in [0.25, 0.3) is 22.1 Å². The lowest BCUT2D eigenvalue weighted by atomic mass is 10.1. The molecule has 1 N–H and O–H groups in total. The van der Waals surface area contributed by atoms with Crippen LogP contribution in [0.1, 0.15) is 22.7 Å². The van der Waals surface area contributed by atoms with E-state index < -0.39 is 22.0 Å². The summed E-state index contributed by atoms with van der Waals surface area (Å²) in [7, 11) is -0.744. The molecule has 4 heterocycles. The van der Waals surface area contributed by atoms with Gasteiger partial charge in [-0.05, 0) is 36.4 Å². The first-order valence-electron chi connectivity index (χ1n) is 11.5. The van der Waals surface area contributed by atoms with Gasteiger partial charge in [0.1, 0.15) is 5.03 Å². The number of nitrogens with zero attached hydrogens (tertiary/aromatic N) is 5. The van der Waals surface area contributed by atoms with Crippen molar-refractivity contribution in [2.45, 2.75) is 17.5 Å². The zero-order valence-corrected chi connectivity index (χ0v) is 21.0. The third-order valence-electron chi connectivity index (χ3n) is 6.34. The van der Waals surface area contributed by atoms with Gasteiger partial charge in [0.2, 0.25) is 5.91 Å². The van der Waals surface area contributed by atoms with Crippen LogP contribution in [0, 0.1) is 12.3 Å². The number of hydrogen-bond donors (Lipinski definition) is 1. The van der Waals surface area contributed by atoms with Crippen molar-refractivity contribution >= 4 is 44.0 Å². The van der Waals surface area contributed by atoms with Gasteiger partial charge in [0.15, 0.2) is 11.2 Å². The highest BCUT2D eigenvalue weighted by molar-refractivity contribution is 7.89. The second-order valence-electron chi connectivity index (χ2n) is 8.93. The SMILES string of the molecule is C#Cc1ccc2[nH]c(S(=O)(=O)N3CCN(C(=O)c4nc5ncccc5o4)C(CC(=O)N(C)C)C3)cc2c1. The molecule has 12 heteroatoms. The number of fused-ring (bicyclic) bond motifs is 2. The number of terminal acetylenes is 1. The van der Waals surface area contributed by atoms with Crippen LogP contribution in [0.5, 0.6) is 0 Å². The number of aromatic amines is 1. The molecule has 37 heavy (non-hydrogen) atoms. The third-order valence-corrected chi connectivity index (χ3v) is 8.13. The summed E-state index contributed by atoms with van der Waals surface area (Å²) in [5.74, 6) is 1.61. The Balaban J connectivity index is 1.44. The van der Waals surface area contributed by atoms with Crippen LogP contribution in [0.15, 0.2) is 52.0 Å². The topological polar surface area (TPSA) is 133 Å². The Morgan fingerprint density at radius 2 is 2.05 bits per heavy atom. The average molecular weight is 521 g/mol. The predicted molar refractivity (Wildman–Crippen MR) is 135 cm³/mol. The van der Waals surface area contributed by atoms with Crippen molar-refractivity contribution in [3.8, 4) is 12.3 Å². The summed E-state index contributed by atoms with van der Waals surface area (Å²) in [5.41, 5.74) is 1.93. The normalized spacial score (nSPS) is 16.7. The molecule has 190 valence electrons. The van der Waals surface area contributed by atoms with Crippen molar-refractivity contribution in [1.29, 1.82) is 0 Å². The molecular weight excluding hydrogens is 496 g/mol. The van der Waals surface area contributed by atoms with Crippen LogP contribution >= 0.6 is 0 Å². The molecule has 0 spiro atoms. The fourth-order valence-electron chi connectivity index (χ4n) is 4.33. The van der Waals surface area contributed by atoms with Crippen LogP contribution in [-0.2, 0) is 14.8 Å². The lowest BCUT2D eigenvalue weighted by molar-refractivity contribution is -0.130. The smallest absolute Gasteiger partial charge is 0.310 e. The van der Waals surface area contributed by atoms with Gasteiger partial charge < -0.3 is 19.2 Å². The van der Waals surface area contributed by atoms with E-state index in [2.05, 4.69) is 20.9 Å². The van der Waals surface area contributed by atoms with Gasteiger partial charge in [-0.3, -0.25) is 9.59 Å². The third kappa shape index (κ3) is 4.54. The summed E-state index contributed by atoms with van der Waals surface area (Å²) >= 11 is 0. The fraction of sp³-hybridized carbons (Fsp3) is 0.280. The number of nitrogens with one attached hydrogen (secondary N) is 1. The number of oxazole rings is 1. The maximum absolute atomic E-state index is 13.6. The van der Waals surface area contributed by atoms with Crippen LogP contribution in [0.4, 0.5) is 0 Å². The minimum atomic E-state index is -3.95. The van der Waals surface area contributed by atoms with Crippen LogP contribution < -0.4 is 0 Å². The van der Waals surface area contributed by atoms with E-state index in [1.807, 2.05) is 0 Å². The van der Waals surface area contributed by atoms with E-state index in [-0.39, 0.29) is 42.9 Å². The summed E-state index contributed by atoms with van der Waals surface area (Å²) in [6, 6.07) is 9.31. The van der Waals surface area contributed by atoms with Gasteiger partial charge in [0.05, 0.1) is 6.04 Å². The number of rotatable bonds is 5. The Bertz CT molecular complexity index is 1630. The van der Waals surface area contributed by atoms with Crippen molar-refractivity contribution < 1.29 is 22.4 Å². The highest BCUT2D eigenvalue weighted by Gasteiger charge is 2.39. The van der Waals surface area contributed by atoms with E-state index >= 15 is 0 Å². The molecule has 5 rings (SSSR count). The number of H-pyrrole nitrogens is 1. The minimum Gasteiger partial charge on any atom is -0.431 e. The second-order valence-corrected chi connectivity index (χ2v) is 10.8. The van der Waals surface area contributed by atoms with E-state index in [0.717, 1.165) is 0 Å². The lowest BCUT2D eigenvalue weighted by Gasteiger charge is -2.40. The van der Waals surface area contributed by atoms with Gasteiger partial charge in [-0.15, -0.1) is 6.42 Å². The van der Waals surface area contributed by atoms with Gasteiger partial charge in [0, 0.05) is 62.8 Å². The molecule has 1 aromatic carbocycles. The lowest BCUT2D eigenvalue weighted by Crippen LogP contribution is -2.57. The molecule has 0 radical (unpaired) electrons. The average Bonchev–Trinajstić information content (AvgIpc) is 3.52. The molecule has 1 aliphatic rings. The highest BCUT2D eigenvalue weighted by atomic mass is 32.2. The summed E-state index contributed by atoms with van der Waals surface area (Å²) in [6.07, 6.45) is 6.94. The van der Waals surface area contributed by atoms with Gasteiger partial charge in [-0.1, -0.05) is 5.92 Å². The molecule has 4 aromatic rings. The first-order valence-corrected chi connectivity index (χ1v) is 12.9. The van der Waals surface area contributed by atoms with Crippen LogP contribution in [0.2, 0.25) is 0 Å². The van der Waals surface area contributed by atoms with E-state index in [9.17, 15) is 18.0 Å². The molecule has 3 aromatic heterocycles. The molecule has 0 aliphatic carbocycles. The summed E-state index contributed by atoms with van der Waals surface area (Å²) < 4.78 is 34.0. The van der Waals surface area contributed by atoms with E-state index in [1.54, 1.807) is 50.6 Å². The first kappa shape index (κ1) is 24.5. The Labute approximate surface area is 213 Å². The maximum Gasteiger partial charge on any atom is 0.310 e. The standard InChI is InChI=1S/C25H24N6O5S/c1-4-16-7-8-19-17(12-16)13-21(27-19)37(34,35)30-10-11-31(18(15-30)14-22(32)29(2)3)25(33)24-28-23-20(36-24)6-5-9-26-23/h1,5-9,12-13,18,27H,10-11,14-15H2,2-3H3. The highest BCUT2D eigenvalue weighted by Crippen LogP contribution is 2.26. The number of amides is 2. The molecule has 1 fully saturated rings. The molecule has 1 atom stereocenters. The molecule has 11 nitrogen and oxygen atoms in total. The monoisotopic (exact) mass is 520 g/mol. The Morgan fingerprint density at radius 1 is 1.24 bits per heavy atom. The molecule has 1 aliphatic heterocycles. The summed E-state index contributed by atoms with van der Waals surface area (Å²) in [5, 5.41) is 0.686. The molecule has 0 bridgehead atoms. The van der Waals surface area contributed by atoms with Gasteiger partial charge in [-0.2, -0.15) is 9.29 Å². The van der Waals surface area contributed by atoms with E-state index in [1.165, 1.54) is 20.2 Å². The fourth-order valence-corrected chi connectivity index (χ4v) is 5.81. The van der Waals surface area contributed by atoms with Crippen LogP contribution in [-0.4, -0.2) is 89.1 Å².